The van der Waals surface area contributed by atoms with Crippen molar-refractivity contribution in [2.75, 3.05) is 13.2 Å². The van der Waals surface area contributed by atoms with Crippen molar-refractivity contribution in [1.29, 1.82) is 0 Å². The quantitative estimate of drug-likeness (QED) is 0.848. The van der Waals surface area contributed by atoms with E-state index in [4.69, 9.17) is 22.1 Å². The molecular formula is C15H18ClN3O2S. The van der Waals surface area contributed by atoms with E-state index in [-0.39, 0.29) is 11.9 Å². The van der Waals surface area contributed by atoms with E-state index in [0.29, 0.717) is 29.5 Å². The molecule has 22 heavy (non-hydrogen) atoms. The fraction of sp³-hybridized carbons (Fsp3) is 0.333. The Balaban J connectivity index is 2.15. The number of nitrogens with one attached hydrogen (secondary N) is 1. The van der Waals surface area contributed by atoms with E-state index in [0.717, 1.165) is 10.7 Å². The molecule has 0 radical (unpaired) electrons. The summed E-state index contributed by atoms with van der Waals surface area (Å²) in [5, 5.41) is 6.19. The van der Waals surface area contributed by atoms with Crippen LogP contribution in [0, 0.1) is 6.92 Å². The molecule has 118 valence electrons. The lowest BCUT2D eigenvalue weighted by atomic mass is 10.1. The molecule has 1 heterocycles. The fourth-order valence-corrected chi connectivity index (χ4v) is 2.86. The molecule has 7 heteroatoms. The highest BCUT2D eigenvalue weighted by atomic mass is 35.5. The molecule has 2 rings (SSSR count). The third kappa shape index (κ3) is 4.19. The molecule has 0 unspecified atom stereocenters. The van der Waals surface area contributed by atoms with Gasteiger partial charge in [0.25, 0.3) is 5.91 Å². The second kappa shape index (κ2) is 7.58. The van der Waals surface area contributed by atoms with Gasteiger partial charge in [-0.25, -0.2) is 4.98 Å². The number of aromatic nitrogens is 1. The van der Waals surface area contributed by atoms with Crippen LogP contribution in [-0.2, 0) is 0 Å². The SMILES string of the molecule is Cc1csc([C@@H](C)NC(=O)c2cc(Cl)ccc2OCCN)n1. The molecule has 0 aliphatic carbocycles. The van der Waals surface area contributed by atoms with E-state index in [2.05, 4.69) is 10.3 Å². The lowest BCUT2D eigenvalue weighted by molar-refractivity contribution is 0.0936. The first-order valence-electron chi connectivity index (χ1n) is 6.86. The second-order valence-electron chi connectivity index (χ2n) is 4.80. The number of rotatable bonds is 6. The molecule has 1 aromatic carbocycles. The van der Waals surface area contributed by atoms with Crippen LogP contribution in [0.5, 0.6) is 5.75 Å². The van der Waals surface area contributed by atoms with Gasteiger partial charge in [0.2, 0.25) is 0 Å². The standard InChI is InChI=1S/C15H18ClN3O2S/c1-9-8-22-15(18-9)10(2)19-14(20)12-7-11(16)3-4-13(12)21-6-5-17/h3-4,7-8,10H,5-6,17H2,1-2H3,(H,19,20)/t10-/m1/s1. The summed E-state index contributed by atoms with van der Waals surface area (Å²) < 4.78 is 5.50. The minimum Gasteiger partial charge on any atom is -0.491 e. The molecule has 0 aliphatic rings. The normalized spacial score (nSPS) is 12.0. The van der Waals surface area contributed by atoms with Gasteiger partial charge in [0.05, 0.1) is 11.6 Å². The summed E-state index contributed by atoms with van der Waals surface area (Å²) in [5.41, 5.74) is 6.76. The Morgan fingerprint density at radius 2 is 2.32 bits per heavy atom. The number of thiazole rings is 1. The molecule has 3 N–H and O–H groups in total. The van der Waals surface area contributed by atoms with Gasteiger partial charge in [-0.05, 0) is 32.0 Å². The van der Waals surface area contributed by atoms with Crippen molar-refractivity contribution >= 4 is 28.8 Å². The number of hydrogen-bond donors (Lipinski definition) is 2. The first-order valence-corrected chi connectivity index (χ1v) is 8.12. The van der Waals surface area contributed by atoms with Crippen molar-refractivity contribution < 1.29 is 9.53 Å². The smallest absolute Gasteiger partial charge is 0.255 e. The predicted molar refractivity (Wildman–Crippen MR) is 88.7 cm³/mol. The van der Waals surface area contributed by atoms with Crippen LogP contribution < -0.4 is 15.8 Å². The average molecular weight is 340 g/mol. The maximum atomic E-state index is 12.5. The number of nitrogens with zero attached hydrogens (tertiary/aromatic N) is 1. The third-order valence-electron chi connectivity index (χ3n) is 2.92. The van der Waals surface area contributed by atoms with Crippen molar-refractivity contribution in [2.24, 2.45) is 5.73 Å². The average Bonchev–Trinajstić information content (AvgIpc) is 2.92. The topological polar surface area (TPSA) is 77.2 Å². The summed E-state index contributed by atoms with van der Waals surface area (Å²) in [5.74, 6) is 0.213. The van der Waals surface area contributed by atoms with Crippen LogP contribution in [0.2, 0.25) is 5.02 Å². The first kappa shape index (κ1) is 16.7. The van der Waals surface area contributed by atoms with E-state index in [1.165, 1.54) is 11.3 Å². The van der Waals surface area contributed by atoms with Crippen LogP contribution in [0.4, 0.5) is 0 Å². The summed E-state index contributed by atoms with van der Waals surface area (Å²) in [6.07, 6.45) is 0. The van der Waals surface area contributed by atoms with Crippen LogP contribution in [-0.4, -0.2) is 24.0 Å². The maximum Gasteiger partial charge on any atom is 0.255 e. The highest BCUT2D eigenvalue weighted by Crippen LogP contribution is 2.24. The second-order valence-corrected chi connectivity index (χ2v) is 6.13. The van der Waals surface area contributed by atoms with E-state index in [1.54, 1.807) is 18.2 Å². The molecule has 2 aromatic rings. The van der Waals surface area contributed by atoms with Gasteiger partial charge in [-0.15, -0.1) is 11.3 Å². The molecule has 0 spiro atoms. The van der Waals surface area contributed by atoms with Crippen LogP contribution in [0.1, 0.15) is 34.0 Å². The fourth-order valence-electron chi connectivity index (χ4n) is 1.88. The lowest BCUT2D eigenvalue weighted by Crippen LogP contribution is -2.27. The number of ether oxygens (including phenoxy) is 1. The molecule has 0 aliphatic heterocycles. The lowest BCUT2D eigenvalue weighted by Gasteiger charge is -2.14. The van der Waals surface area contributed by atoms with Gasteiger partial charge in [-0.1, -0.05) is 11.6 Å². The Morgan fingerprint density at radius 1 is 1.55 bits per heavy atom. The van der Waals surface area contributed by atoms with Gasteiger partial charge in [0.15, 0.2) is 0 Å². The Kier molecular flexibility index (Phi) is 5.76. The van der Waals surface area contributed by atoms with Gasteiger partial charge < -0.3 is 15.8 Å². The van der Waals surface area contributed by atoms with E-state index in [1.807, 2.05) is 19.2 Å². The molecule has 5 nitrogen and oxygen atoms in total. The minimum absolute atomic E-state index is 0.187. The predicted octanol–water partition coefficient (Wildman–Crippen LogP) is 2.93. The summed E-state index contributed by atoms with van der Waals surface area (Å²) in [7, 11) is 0. The first-order chi connectivity index (χ1) is 10.5. The molecule has 0 saturated heterocycles. The van der Waals surface area contributed by atoms with Gasteiger partial charge >= 0.3 is 0 Å². The summed E-state index contributed by atoms with van der Waals surface area (Å²) in [4.78, 5) is 16.8. The van der Waals surface area contributed by atoms with Gasteiger partial charge in [-0.3, -0.25) is 4.79 Å². The molecule has 1 atom stereocenters. The number of nitrogens with two attached hydrogens (primary N) is 1. The number of aryl methyl sites for hydroxylation is 1. The Bertz CT molecular complexity index is 660. The highest BCUT2D eigenvalue weighted by Gasteiger charge is 2.18. The number of benzene rings is 1. The van der Waals surface area contributed by atoms with Gasteiger partial charge in [0.1, 0.15) is 17.4 Å². The Hall–Kier alpha value is -1.63. The third-order valence-corrected chi connectivity index (χ3v) is 4.30. The van der Waals surface area contributed by atoms with Crippen molar-refractivity contribution in [3.8, 4) is 5.75 Å². The molecule has 0 bridgehead atoms. The number of halogens is 1. The number of hydrogen-bond acceptors (Lipinski definition) is 5. The van der Waals surface area contributed by atoms with Crippen LogP contribution in [0.25, 0.3) is 0 Å². The van der Waals surface area contributed by atoms with Crippen LogP contribution >= 0.6 is 22.9 Å². The molecule has 0 fully saturated rings. The van der Waals surface area contributed by atoms with Gasteiger partial charge in [0, 0.05) is 22.6 Å². The highest BCUT2D eigenvalue weighted by molar-refractivity contribution is 7.09. The summed E-state index contributed by atoms with van der Waals surface area (Å²) in [6, 6.07) is 4.75. The Morgan fingerprint density at radius 3 is 2.95 bits per heavy atom. The monoisotopic (exact) mass is 339 g/mol. The zero-order valence-electron chi connectivity index (χ0n) is 12.4. The Labute approximate surface area is 138 Å². The zero-order chi connectivity index (χ0) is 16.1. The minimum atomic E-state index is -0.255. The van der Waals surface area contributed by atoms with E-state index >= 15 is 0 Å². The molecule has 1 amide bonds. The van der Waals surface area contributed by atoms with Crippen molar-refractivity contribution in [2.45, 2.75) is 19.9 Å². The van der Waals surface area contributed by atoms with Crippen LogP contribution in [0.3, 0.4) is 0 Å². The van der Waals surface area contributed by atoms with Crippen molar-refractivity contribution in [3.05, 3.63) is 44.9 Å². The molecule has 1 aromatic heterocycles. The van der Waals surface area contributed by atoms with Crippen molar-refractivity contribution in [1.82, 2.24) is 10.3 Å². The van der Waals surface area contributed by atoms with Crippen molar-refractivity contribution in [3.63, 3.8) is 0 Å². The summed E-state index contributed by atoms with van der Waals surface area (Å²) >= 11 is 7.50. The molecule has 0 saturated carbocycles. The number of carbonyl (C=O) groups excluding carboxylic acids is 1. The van der Waals surface area contributed by atoms with Crippen LogP contribution in [0.15, 0.2) is 23.6 Å². The van der Waals surface area contributed by atoms with E-state index in [9.17, 15) is 4.79 Å². The zero-order valence-corrected chi connectivity index (χ0v) is 14.0. The van der Waals surface area contributed by atoms with Gasteiger partial charge in [-0.2, -0.15) is 0 Å². The molecular weight excluding hydrogens is 322 g/mol. The summed E-state index contributed by atoms with van der Waals surface area (Å²) in [6.45, 7) is 4.52. The number of carbonyl (C=O) groups is 1. The maximum absolute atomic E-state index is 12.5. The largest absolute Gasteiger partial charge is 0.491 e. The number of amides is 1. The van der Waals surface area contributed by atoms with E-state index < -0.39 is 0 Å².